The average molecular weight is 223 g/mol. The van der Waals surface area contributed by atoms with Crippen LogP contribution in [-0.2, 0) is 6.54 Å². The lowest BCUT2D eigenvalue weighted by molar-refractivity contribution is 0.123. The SMILES string of the molecule is COc1ccccc1CNCC(O)C(C)C. The molecule has 0 aliphatic heterocycles. The summed E-state index contributed by atoms with van der Waals surface area (Å²) >= 11 is 0. The van der Waals surface area contributed by atoms with E-state index in [2.05, 4.69) is 5.32 Å². The zero-order valence-electron chi connectivity index (χ0n) is 10.2. The third-order valence-electron chi connectivity index (χ3n) is 2.63. The predicted molar refractivity (Wildman–Crippen MR) is 65.5 cm³/mol. The second kappa shape index (κ2) is 6.51. The Morgan fingerprint density at radius 1 is 1.31 bits per heavy atom. The highest BCUT2D eigenvalue weighted by molar-refractivity contribution is 5.32. The van der Waals surface area contributed by atoms with Gasteiger partial charge in [0.25, 0.3) is 0 Å². The van der Waals surface area contributed by atoms with E-state index in [1.807, 2.05) is 38.1 Å². The molecule has 1 aromatic carbocycles. The summed E-state index contributed by atoms with van der Waals surface area (Å²) in [5.41, 5.74) is 1.11. The van der Waals surface area contributed by atoms with Crippen molar-refractivity contribution in [3.05, 3.63) is 29.8 Å². The van der Waals surface area contributed by atoms with Gasteiger partial charge in [0.1, 0.15) is 5.75 Å². The van der Waals surface area contributed by atoms with Crippen LogP contribution in [0.5, 0.6) is 5.75 Å². The van der Waals surface area contributed by atoms with Crippen molar-refractivity contribution in [3.63, 3.8) is 0 Å². The van der Waals surface area contributed by atoms with Crippen molar-refractivity contribution in [2.24, 2.45) is 5.92 Å². The van der Waals surface area contributed by atoms with Crippen LogP contribution in [0.1, 0.15) is 19.4 Å². The lowest BCUT2D eigenvalue weighted by atomic mass is 10.1. The molecule has 0 spiro atoms. The summed E-state index contributed by atoms with van der Waals surface area (Å²) in [6.07, 6.45) is -0.297. The van der Waals surface area contributed by atoms with Crippen molar-refractivity contribution in [2.75, 3.05) is 13.7 Å². The first kappa shape index (κ1) is 13.0. The fourth-order valence-electron chi connectivity index (χ4n) is 1.44. The number of hydrogen-bond acceptors (Lipinski definition) is 3. The van der Waals surface area contributed by atoms with Crippen LogP contribution in [0.4, 0.5) is 0 Å². The van der Waals surface area contributed by atoms with E-state index >= 15 is 0 Å². The molecule has 0 saturated carbocycles. The van der Waals surface area contributed by atoms with E-state index in [-0.39, 0.29) is 12.0 Å². The van der Waals surface area contributed by atoms with Gasteiger partial charge < -0.3 is 15.2 Å². The van der Waals surface area contributed by atoms with Gasteiger partial charge in [-0.25, -0.2) is 0 Å². The van der Waals surface area contributed by atoms with Crippen LogP contribution in [0.25, 0.3) is 0 Å². The minimum atomic E-state index is -0.297. The summed E-state index contributed by atoms with van der Waals surface area (Å²) in [6.45, 7) is 5.34. The number of methoxy groups -OCH3 is 1. The van der Waals surface area contributed by atoms with Crippen LogP contribution in [0.15, 0.2) is 24.3 Å². The highest BCUT2D eigenvalue weighted by Gasteiger charge is 2.08. The van der Waals surface area contributed by atoms with Crippen LogP contribution >= 0.6 is 0 Å². The second-order valence-corrected chi connectivity index (χ2v) is 4.25. The van der Waals surface area contributed by atoms with Crippen molar-refractivity contribution in [1.82, 2.24) is 5.32 Å². The molecule has 1 atom stereocenters. The summed E-state index contributed by atoms with van der Waals surface area (Å²) in [6, 6.07) is 7.90. The van der Waals surface area contributed by atoms with Crippen LogP contribution in [0, 0.1) is 5.92 Å². The fourth-order valence-corrected chi connectivity index (χ4v) is 1.44. The number of ether oxygens (including phenoxy) is 1. The van der Waals surface area contributed by atoms with Gasteiger partial charge in [0.2, 0.25) is 0 Å². The first-order valence-corrected chi connectivity index (χ1v) is 5.65. The molecule has 0 fully saturated rings. The van der Waals surface area contributed by atoms with Gasteiger partial charge in [-0.2, -0.15) is 0 Å². The van der Waals surface area contributed by atoms with Gasteiger partial charge >= 0.3 is 0 Å². The van der Waals surface area contributed by atoms with Crippen molar-refractivity contribution in [3.8, 4) is 5.75 Å². The Balaban J connectivity index is 2.42. The fraction of sp³-hybridized carbons (Fsp3) is 0.538. The number of benzene rings is 1. The summed E-state index contributed by atoms with van der Waals surface area (Å²) < 4.78 is 5.25. The van der Waals surface area contributed by atoms with E-state index in [1.54, 1.807) is 7.11 Å². The zero-order chi connectivity index (χ0) is 12.0. The highest BCUT2D eigenvalue weighted by atomic mass is 16.5. The maximum absolute atomic E-state index is 9.64. The molecule has 0 aliphatic rings. The molecule has 0 saturated heterocycles. The minimum Gasteiger partial charge on any atom is -0.496 e. The molecule has 1 aromatic rings. The molecular weight excluding hydrogens is 202 g/mol. The molecule has 1 unspecified atom stereocenters. The van der Waals surface area contributed by atoms with Gasteiger partial charge in [-0.15, -0.1) is 0 Å². The lowest BCUT2D eigenvalue weighted by Gasteiger charge is -2.15. The minimum absolute atomic E-state index is 0.283. The van der Waals surface area contributed by atoms with Crippen LogP contribution in [0.3, 0.4) is 0 Å². The maximum atomic E-state index is 9.64. The number of nitrogens with one attached hydrogen (secondary N) is 1. The molecule has 0 radical (unpaired) electrons. The Labute approximate surface area is 97.4 Å². The smallest absolute Gasteiger partial charge is 0.123 e. The van der Waals surface area contributed by atoms with E-state index < -0.39 is 0 Å². The highest BCUT2D eigenvalue weighted by Crippen LogP contribution is 2.16. The van der Waals surface area contributed by atoms with E-state index in [4.69, 9.17) is 4.74 Å². The molecule has 3 nitrogen and oxygen atoms in total. The normalized spacial score (nSPS) is 12.8. The summed E-state index contributed by atoms with van der Waals surface area (Å²) in [5, 5.41) is 12.9. The topological polar surface area (TPSA) is 41.5 Å². The standard InChI is InChI=1S/C13H21NO2/c1-10(2)12(15)9-14-8-11-6-4-5-7-13(11)16-3/h4-7,10,12,14-15H,8-9H2,1-3H3. The molecule has 0 heterocycles. The summed E-state index contributed by atoms with van der Waals surface area (Å²) in [5.74, 6) is 1.17. The molecule has 2 N–H and O–H groups in total. The molecular formula is C13H21NO2. The molecule has 0 aliphatic carbocycles. The Hall–Kier alpha value is -1.06. The largest absolute Gasteiger partial charge is 0.496 e. The molecule has 1 rings (SSSR count). The molecule has 0 amide bonds. The molecule has 3 heteroatoms. The Bertz CT molecular complexity index is 313. The van der Waals surface area contributed by atoms with Gasteiger partial charge in [0, 0.05) is 18.7 Å². The first-order chi connectivity index (χ1) is 7.65. The van der Waals surface area contributed by atoms with Crippen molar-refractivity contribution >= 4 is 0 Å². The van der Waals surface area contributed by atoms with Gasteiger partial charge in [-0.1, -0.05) is 32.0 Å². The Morgan fingerprint density at radius 2 is 2.00 bits per heavy atom. The van der Waals surface area contributed by atoms with Crippen LogP contribution < -0.4 is 10.1 Å². The van der Waals surface area contributed by atoms with Gasteiger partial charge in [0.15, 0.2) is 0 Å². The number of para-hydroxylation sites is 1. The van der Waals surface area contributed by atoms with Gasteiger partial charge in [0.05, 0.1) is 13.2 Å². The van der Waals surface area contributed by atoms with E-state index in [9.17, 15) is 5.11 Å². The molecule has 0 aromatic heterocycles. The number of aliphatic hydroxyl groups excluding tert-OH is 1. The average Bonchev–Trinajstić information content (AvgIpc) is 2.29. The molecule has 16 heavy (non-hydrogen) atoms. The van der Waals surface area contributed by atoms with E-state index in [0.29, 0.717) is 13.1 Å². The maximum Gasteiger partial charge on any atom is 0.123 e. The van der Waals surface area contributed by atoms with Crippen molar-refractivity contribution in [1.29, 1.82) is 0 Å². The Morgan fingerprint density at radius 3 is 2.62 bits per heavy atom. The number of hydrogen-bond donors (Lipinski definition) is 2. The predicted octanol–water partition coefficient (Wildman–Crippen LogP) is 1.80. The second-order valence-electron chi connectivity index (χ2n) is 4.25. The summed E-state index contributed by atoms with van der Waals surface area (Å²) in [4.78, 5) is 0. The third-order valence-corrected chi connectivity index (χ3v) is 2.63. The number of aliphatic hydroxyl groups is 1. The van der Waals surface area contributed by atoms with Crippen molar-refractivity contribution < 1.29 is 9.84 Å². The summed E-state index contributed by atoms with van der Waals surface area (Å²) in [7, 11) is 1.67. The Kier molecular flexibility index (Phi) is 5.29. The zero-order valence-corrected chi connectivity index (χ0v) is 10.2. The third kappa shape index (κ3) is 3.83. The van der Waals surface area contributed by atoms with E-state index in [0.717, 1.165) is 11.3 Å². The van der Waals surface area contributed by atoms with Crippen molar-refractivity contribution in [2.45, 2.75) is 26.5 Å². The lowest BCUT2D eigenvalue weighted by Crippen LogP contribution is -2.30. The molecule has 0 bridgehead atoms. The first-order valence-electron chi connectivity index (χ1n) is 5.65. The van der Waals surface area contributed by atoms with Gasteiger partial charge in [-0.3, -0.25) is 0 Å². The van der Waals surface area contributed by atoms with Crippen LogP contribution in [0.2, 0.25) is 0 Å². The van der Waals surface area contributed by atoms with Crippen LogP contribution in [-0.4, -0.2) is 24.9 Å². The van der Waals surface area contributed by atoms with Gasteiger partial charge in [-0.05, 0) is 12.0 Å². The number of rotatable bonds is 6. The van der Waals surface area contributed by atoms with E-state index in [1.165, 1.54) is 0 Å². The monoisotopic (exact) mass is 223 g/mol. The quantitative estimate of drug-likeness (QED) is 0.772. The molecule has 90 valence electrons.